The first-order valence-corrected chi connectivity index (χ1v) is 10.4. The van der Waals surface area contributed by atoms with E-state index in [0.29, 0.717) is 11.6 Å². The van der Waals surface area contributed by atoms with E-state index in [1.807, 2.05) is 0 Å². The van der Waals surface area contributed by atoms with Gasteiger partial charge in [0.25, 0.3) is 0 Å². The molecule has 0 saturated heterocycles. The summed E-state index contributed by atoms with van der Waals surface area (Å²) in [6.07, 6.45) is 12.7. The van der Waals surface area contributed by atoms with Gasteiger partial charge in [0.1, 0.15) is 5.84 Å². The highest BCUT2D eigenvalue weighted by Crippen LogP contribution is 2.13. The highest BCUT2D eigenvalue weighted by Gasteiger charge is 2.16. The van der Waals surface area contributed by atoms with Gasteiger partial charge in [-0.2, -0.15) is 17.0 Å². The maximum Gasteiger partial charge on any atom is 0.329 e. The van der Waals surface area contributed by atoms with E-state index in [2.05, 4.69) is 56.2 Å². The smallest absolute Gasteiger partial charge is 0.329 e. The van der Waals surface area contributed by atoms with Gasteiger partial charge in [0.15, 0.2) is 12.2 Å². The number of rotatable bonds is 12. The van der Waals surface area contributed by atoms with E-state index in [4.69, 9.17) is 5.26 Å². The Kier molecular flexibility index (Phi) is 14.0. The van der Waals surface area contributed by atoms with E-state index in [9.17, 15) is 9.90 Å². The van der Waals surface area contributed by atoms with Gasteiger partial charge < -0.3 is 5.11 Å². The lowest BCUT2D eigenvalue weighted by molar-refractivity contribution is -0.137. The van der Waals surface area contributed by atoms with Crippen LogP contribution in [0.3, 0.4) is 0 Å². The minimum absolute atomic E-state index is 0.323. The SMILES string of the molecule is CC(C)=CCC/C(C)=C/CC/C(C)=C/CSCC(N=C(C)NC#N)C(=O)O. The van der Waals surface area contributed by atoms with Crippen molar-refractivity contribution < 1.29 is 9.90 Å². The fourth-order valence-corrected chi connectivity index (χ4v) is 3.21. The van der Waals surface area contributed by atoms with Gasteiger partial charge in [-0.1, -0.05) is 34.9 Å². The van der Waals surface area contributed by atoms with Crippen LogP contribution in [-0.2, 0) is 4.79 Å². The Labute approximate surface area is 168 Å². The molecule has 0 aliphatic heterocycles. The average molecular weight is 392 g/mol. The number of carboxylic acids is 1. The Balaban J connectivity index is 4.24. The summed E-state index contributed by atoms with van der Waals surface area (Å²) in [6.45, 7) is 10.1. The monoisotopic (exact) mass is 391 g/mol. The van der Waals surface area contributed by atoms with Crippen LogP contribution in [0.5, 0.6) is 0 Å². The molecule has 0 aliphatic carbocycles. The van der Waals surface area contributed by atoms with Gasteiger partial charge >= 0.3 is 5.97 Å². The third kappa shape index (κ3) is 14.8. The molecule has 5 nitrogen and oxygen atoms in total. The first kappa shape index (κ1) is 25.0. The molecule has 0 aromatic carbocycles. The zero-order valence-corrected chi connectivity index (χ0v) is 18.0. The molecule has 0 aromatic rings. The molecule has 0 saturated carbocycles. The molecule has 0 aliphatic rings. The summed E-state index contributed by atoms with van der Waals surface area (Å²) in [6, 6.07) is -0.837. The lowest BCUT2D eigenvalue weighted by atomic mass is 10.1. The van der Waals surface area contributed by atoms with E-state index < -0.39 is 12.0 Å². The van der Waals surface area contributed by atoms with Crippen LogP contribution < -0.4 is 5.32 Å². The minimum Gasteiger partial charge on any atom is -0.480 e. The van der Waals surface area contributed by atoms with Gasteiger partial charge in [-0.3, -0.25) is 10.3 Å². The second-order valence-corrected chi connectivity index (χ2v) is 7.88. The number of carbonyl (C=O) groups is 1. The van der Waals surface area contributed by atoms with Crippen molar-refractivity contribution >= 4 is 23.6 Å². The van der Waals surface area contributed by atoms with Crippen molar-refractivity contribution in [3.05, 3.63) is 34.9 Å². The van der Waals surface area contributed by atoms with Crippen molar-refractivity contribution in [1.82, 2.24) is 5.32 Å². The Morgan fingerprint density at radius 1 is 1.11 bits per heavy atom. The molecule has 0 bridgehead atoms. The number of aliphatic carboxylic acids is 1. The van der Waals surface area contributed by atoms with Crippen molar-refractivity contribution in [1.29, 1.82) is 5.26 Å². The van der Waals surface area contributed by atoms with E-state index in [-0.39, 0.29) is 0 Å². The molecule has 0 heterocycles. The molecule has 0 spiro atoms. The molecule has 1 atom stereocenters. The summed E-state index contributed by atoms with van der Waals surface area (Å²) in [7, 11) is 0. The summed E-state index contributed by atoms with van der Waals surface area (Å²) in [5.41, 5.74) is 4.11. The van der Waals surface area contributed by atoms with Crippen LogP contribution >= 0.6 is 11.8 Å². The predicted octanol–water partition coefficient (Wildman–Crippen LogP) is 5.08. The standard InChI is InChI=1S/C21H33N3O2S/c1-16(2)8-6-9-17(3)10-7-11-18(4)12-13-27-14-20(21(25)26)24-19(5)23-15-22/h8,10,12,20H,6-7,9,11,13-14H2,1-5H3,(H,23,24)(H,25,26)/b17-10+,18-12+. The maximum absolute atomic E-state index is 11.2. The van der Waals surface area contributed by atoms with Crippen molar-refractivity contribution in [2.24, 2.45) is 4.99 Å². The summed E-state index contributed by atoms with van der Waals surface area (Å²) < 4.78 is 0. The minimum atomic E-state index is -0.976. The first-order valence-electron chi connectivity index (χ1n) is 9.21. The molecular formula is C21H33N3O2S. The second kappa shape index (κ2) is 15.1. The van der Waals surface area contributed by atoms with Crippen molar-refractivity contribution in [2.45, 2.75) is 66.3 Å². The molecule has 2 N–H and O–H groups in total. The van der Waals surface area contributed by atoms with Crippen LogP contribution in [0.1, 0.15) is 60.3 Å². The summed E-state index contributed by atoms with van der Waals surface area (Å²) >= 11 is 1.53. The third-order valence-electron chi connectivity index (χ3n) is 3.82. The molecule has 0 rings (SSSR count). The van der Waals surface area contributed by atoms with Gasteiger partial charge in [-0.25, -0.2) is 4.79 Å². The summed E-state index contributed by atoms with van der Waals surface area (Å²) in [5, 5.41) is 20.1. The first-order chi connectivity index (χ1) is 12.8. The molecule has 27 heavy (non-hydrogen) atoms. The second-order valence-electron chi connectivity index (χ2n) is 6.80. The van der Waals surface area contributed by atoms with Crippen molar-refractivity contribution in [2.75, 3.05) is 11.5 Å². The average Bonchev–Trinajstić information content (AvgIpc) is 2.57. The number of nitrogens with zero attached hydrogens (tertiary/aromatic N) is 2. The molecule has 0 aromatic heterocycles. The zero-order chi connectivity index (χ0) is 20.7. The van der Waals surface area contributed by atoms with Crippen LogP contribution in [0.15, 0.2) is 39.9 Å². The largest absolute Gasteiger partial charge is 0.480 e. The number of nitrogens with one attached hydrogen (secondary N) is 1. The van der Waals surface area contributed by atoms with Gasteiger partial charge in [0.05, 0.1) is 0 Å². The van der Waals surface area contributed by atoms with Gasteiger partial charge in [-0.05, 0) is 60.3 Å². The fourth-order valence-electron chi connectivity index (χ4n) is 2.23. The highest BCUT2D eigenvalue weighted by molar-refractivity contribution is 7.99. The van der Waals surface area contributed by atoms with E-state index in [1.54, 1.807) is 13.1 Å². The van der Waals surface area contributed by atoms with Crippen LogP contribution in [0.25, 0.3) is 0 Å². The van der Waals surface area contributed by atoms with Crippen molar-refractivity contribution in [3.63, 3.8) is 0 Å². The van der Waals surface area contributed by atoms with Crippen LogP contribution in [0.2, 0.25) is 0 Å². The number of aliphatic imine (C=N–C) groups is 1. The molecule has 0 fully saturated rings. The Morgan fingerprint density at radius 3 is 2.26 bits per heavy atom. The number of hydrogen-bond donors (Lipinski definition) is 2. The number of carboxylic acid groups (broad SMARTS) is 1. The number of thioether (sulfide) groups is 1. The number of hydrogen-bond acceptors (Lipinski definition) is 4. The maximum atomic E-state index is 11.2. The van der Waals surface area contributed by atoms with Gasteiger partial charge in [0.2, 0.25) is 0 Å². The normalized spacial score (nSPS) is 13.7. The fraction of sp³-hybridized carbons (Fsp3) is 0.571. The predicted molar refractivity (Wildman–Crippen MR) is 116 cm³/mol. The van der Waals surface area contributed by atoms with Crippen LogP contribution in [-0.4, -0.2) is 34.5 Å². The quantitative estimate of drug-likeness (QED) is 0.121. The van der Waals surface area contributed by atoms with Gasteiger partial charge in [-0.15, -0.1) is 0 Å². The van der Waals surface area contributed by atoms with E-state index in [0.717, 1.165) is 31.4 Å². The van der Waals surface area contributed by atoms with Crippen LogP contribution in [0, 0.1) is 11.5 Å². The molecule has 0 amide bonds. The number of allylic oxidation sites excluding steroid dienone is 5. The molecule has 1 unspecified atom stereocenters. The van der Waals surface area contributed by atoms with E-state index >= 15 is 0 Å². The summed E-state index contributed by atoms with van der Waals surface area (Å²) in [5.74, 6) is 0.492. The topological polar surface area (TPSA) is 85.5 Å². The van der Waals surface area contributed by atoms with Crippen LogP contribution in [0.4, 0.5) is 0 Å². The molecule has 6 heteroatoms. The van der Waals surface area contributed by atoms with E-state index in [1.165, 1.54) is 28.5 Å². The lowest BCUT2D eigenvalue weighted by Crippen LogP contribution is -2.25. The molecule has 150 valence electrons. The Bertz CT molecular complexity index is 624. The molecular weight excluding hydrogens is 358 g/mol. The Morgan fingerprint density at radius 2 is 1.70 bits per heavy atom. The molecule has 0 radical (unpaired) electrons. The lowest BCUT2D eigenvalue weighted by Gasteiger charge is -2.08. The number of amidine groups is 1. The summed E-state index contributed by atoms with van der Waals surface area (Å²) in [4.78, 5) is 15.2. The number of nitriles is 1. The Hall–Kier alpha value is -2.00. The highest BCUT2D eigenvalue weighted by atomic mass is 32.2. The van der Waals surface area contributed by atoms with Gasteiger partial charge in [0, 0.05) is 11.5 Å². The van der Waals surface area contributed by atoms with Crippen molar-refractivity contribution in [3.8, 4) is 6.19 Å². The third-order valence-corrected chi connectivity index (χ3v) is 4.77. The zero-order valence-electron chi connectivity index (χ0n) is 17.2.